The Morgan fingerprint density at radius 2 is 2.29 bits per heavy atom. The topological polar surface area (TPSA) is 25.8 Å². The van der Waals surface area contributed by atoms with Crippen LogP contribution in [0.25, 0.3) is 0 Å². The fraction of sp³-hybridized carbons (Fsp3) is 0.600. The van der Waals surface area contributed by atoms with E-state index in [1.54, 1.807) is 6.33 Å². The first-order valence-corrected chi connectivity index (χ1v) is 6.45. The molecule has 1 aliphatic carbocycles. The monoisotopic (exact) mass is 228 g/mol. The van der Waals surface area contributed by atoms with E-state index in [1.165, 1.54) is 22.7 Å². The number of hydrogen-bond acceptors (Lipinski definition) is 3. The summed E-state index contributed by atoms with van der Waals surface area (Å²) in [6, 6.07) is 0. The predicted octanol–water partition coefficient (Wildman–Crippen LogP) is 2.69. The predicted molar refractivity (Wildman–Crippen MR) is 60.1 cm³/mol. The molecule has 14 heavy (non-hydrogen) atoms. The normalized spacial score (nSPS) is 14.4. The molecule has 0 unspecified atom stereocenters. The molecule has 0 radical (unpaired) electrons. The lowest BCUT2D eigenvalue weighted by Crippen LogP contribution is -1.95. The van der Waals surface area contributed by atoms with Gasteiger partial charge in [0.1, 0.15) is 11.4 Å². The van der Waals surface area contributed by atoms with Gasteiger partial charge in [-0.25, -0.2) is 9.97 Å². The molecule has 0 N–H and O–H groups in total. The molecular formula is C10H13ClN2S. The van der Waals surface area contributed by atoms with Gasteiger partial charge in [-0.3, -0.25) is 0 Å². The molecule has 4 heteroatoms. The Labute approximate surface area is 93.5 Å². The molecular weight excluding hydrogens is 216 g/mol. The largest absolute Gasteiger partial charge is 0.241 e. The van der Waals surface area contributed by atoms with Gasteiger partial charge in [0.25, 0.3) is 0 Å². The van der Waals surface area contributed by atoms with Gasteiger partial charge in [0.2, 0.25) is 0 Å². The van der Waals surface area contributed by atoms with Crippen LogP contribution >= 0.6 is 23.4 Å². The molecule has 0 saturated heterocycles. The third-order valence-corrected chi connectivity index (χ3v) is 3.74. The summed E-state index contributed by atoms with van der Waals surface area (Å²) < 4.78 is 0. The van der Waals surface area contributed by atoms with Crippen molar-refractivity contribution in [3.63, 3.8) is 0 Å². The van der Waals surface area contributed by atoms with Crippen molar-refractivity contribution in [1.29, 1.82) is 0 Å². The molecule has 1 aromatic heterocycles. The van der Waals surface area contributed by atoms with Crippen LogP contribution in [-0.4, -0.2) is 21.6 Å². The highest BCUT2D eigenvalue weighted by molar-refractivity contribution is 7.99. The van der Waals surface area contributed by atoms with Crippen molar-refractivity contribution < 1.29 is 0 Å². The van der Waals surface area contributed by atoms with Gasteiger partial charge < -0.3 is 0 Å². The Morgan fingerprint density at radius 1 is 1.36 bits per heavy atom. The first kappa shape index (κ1) is 10.2. The molecule has 1 aliphatic rings. The molecule has 0 fully saturated rings. The molecule has 0 bridgehead atoms. The zero-order valence-corrected chi connectivity index (χ0v) is 9.57. The highest BCUT2D eigenvalue weighted by Crippen LogP contribution is 2.28. The summed E-state index contributed by atoms with van der Waals surface area (Å²) in [4.78, 5) is 8.63. The van der Waals surface area contributed by atoms with Crippen molar-refractivity contribution in [2.45, 2.75) is 30.7 Å². The minimum atomic E-state index is 0.736. The van der Waals surface area contributed by atoms with E-state index in [9.17, 15) is 0 Å². The van der Waals surface area contributed by atoms with Gasteiger partial charge in [-0.2, -0.15) is 0 Å². The van der Waals surface area contributed by atoms with E-state index in [2.05, 4.69) is 9.97 Å². The van der Waals surface area contributed by atoms with Crippen molar-refractivity contribution in [3.05, 3.63) is 17.6 Å². The Morgan fingerprint density at radius 3 is 3.14 bits per heavy atom. The minimum absolute atomic E-state index is 0.736. The van der Waals surface area contributed by atoms with E-state index < -0.39 is 0 Å². The van der Waals surface area contributed by atoms with Crippen LogP contribution in [0.4, 0.5) is 0 Å². The van der Waals surface area contributed by atoms with E-state index >= 15 is 0 Å². The highest BCUT2D eigenvalue weighted by atomic mass is 35.5. The molecule has 1 aromatic rings. The number of thioether (sulfide) groups is 1. The SMILES string of the molecule is ClCCCSc1ncnc2c1CCC2. The van der Waals surface area contributed by atoms with E-state index in [-0.39, 0.29) is 0 Å². The molecule has 0 atom stereocenters. The summed E-state index contributed by atoms with van der Waals surface area (Å²) in [6.07, 6.45) is 6.25. The maximum absolute atomic E-state index is 5.64. The highest BCUT2D eigenvalue weighted by Gasteiger charge is 2.16. The van der Waals surface area contributed by atoms with E-state index in [0.717, 1.165) is 30.9 Å². The molecule has 76 valence electrons. The van der Waals surface area contributed by atoms with Crippen LogP contribution in [0, 0.1) is 0 Å². The smallest absolute Gasteiger partial charge is 0.116 e. The summed E-state index contributed by atoms with van der Waals surface area (Å²) in [5.41, 5.74) is 2.64. The second kappa shape index (κ2) is 4.99. The van der Waals surface area contributed by atoms with Crippen molar-refractivity contribution in [1.82, 2.24) is 9.97 Å². The number of fused-ring (bicyclic) bond motifs is 1. The standard InChI is InChI=1S/C10H13ClN2S/c11-5-2-6-14-10-8-3-1-4-9(8)12-7-13-10/h7H,1-6H2. The summed E-state index contributed by atoms with van der Waals surface area (Å²) in [5.74, 6) is 1.80. The van der Waals surface area contributed by atoms with Crippen molar-refractivity contribution >= 4 is 23.4 Å². The van der Waals surface area contributed by atoms with Gasteiger partial charge in [0.15, 0.2) is 0 Å². The number of hydrogen-bond donors (Lipinski definition) is 0. The lowest BCUT2D eigenvalue weighted by molar-refractivity contribution is 0.896. The maximum Gasteiger partial charge on any atom is 0.116 e. The van der Waals surface area contributed by atoms with Crippen LogP contribution in [0.3, 0.4) is 0 Å². The molecule has 0 aromatic carbocycles. The number of halogens is 1. The average molecular weight is 229 g/mol. The first-order valence-electron chi connectivity index (χ1n) is 4.93. The Bertz CT molecular complexity index is 317. The molecule has 1 heterocycles. The van der Waals surface area contributed by atoms with Crippen molar-refractivity contribution in [2.75, 3.05) is 11.6 Å². The molecule has 0 spiro atoms. The minimum Gasteiger partial charge on any atom is -0.241 e. The zero-order chi connectivity index (χ0) is 9.80. The third kappa shape index (κ3) is 2.20. The van der Waals surface area contributed by atoms with Crippen LogP contribution in [0.5, 0.6) is 0 Å². The number of rotatable bonds is 4. The molecule has 2 nitrogen and oxygen atoms in total. The van der Waals surface area contributed by atoms with Gasteiger partial charge in [-0.05, 0) is 25.7 Å². The van der Waals surface area contributed by atoms with Crippen LogP contribution < -0.4 is 0 Å². The third-order valence-electron chi connectivity index (χ3n) is 2.35. The van der Waals surface area contributed by atoms with Crippen molar-refractivity contribution in [3.8, 4) is 0 Å². The van der Waals surface area contributed by atoms with Gasteiger partial charge >= 0.3 is 0 Å². The fourth-order valence-electron chi connectivity index (χ4n) is 1.68. The number of alkyl halides is 1. The Kier molecular flexibility index (Phi) is 3.65. The summed E-state index contributed by atoms with van der Waals surface area (Å²) in [5, 5.41) is 1.18. The Balaban J connectivity index is 2.06. The van der Waals surface area contributed by atoms with Gasteiger partial charge in [-0.1, -0.05) is 0 Å². The van der Waals surface area contributed by atoms with E-state index in [1.807, 2.05) is 11.8 Å². The van der Waals surface area contributed by atoms with Crippen LogP contribution in [-0.2, 0) is 12.8 Å². The van der Waals surface area contributed by atoms with Crippen LogP contribution in [0.1, 0.15) is 24.1 Å². The average Bonchev–Trinajstić information content (AvgIpc) is 2.67. The maximum atomic E-state index is 5.64. The summed E-state index contributed by atoms with van der Waals surface area (Å²) in [6.45, 7) is 0. The molecule has 0 aliphatic heterocycles. The van der Waals surface area contributed by atoms with Crippen LogP contribution in [0.15, 0.2) is 11.4 Å². The van der Waals surface area contributed by atoms with Crippen LogP contribution in [0.2, 0.25) is 0 Å². The Hall–Kier alpha value is -0.280. The number of aryl methyl sites for hydroxylation is 1. The van der Waals surface area contributed by atoms with E-state index in [0.29, 0.717) is 0 Å². The van der Waals surface area contributed by atoms with Gasteiger partial charge in [0, 0.05) is 22.9 Å². The van der Waals surface area contributed by atoms with E-state index in [4.69, 9.17) is 11.6 Å². The van der Waals surface area contributed by atoms with Gasteiger partial charge in [0.05, 0.1) is 0 Å². The second-order valence-corrected chi connectivity index (χ2v) is 4.81. The number of aromatic nitrogens is 2. The molecule has 0 saturated carbocycles. The summed E-state index contributed by atoms with van der Waals surface area (Å²) >= 11 is 7.45. The summed E-state index contributed by atoms with van der Waals surface area (Å²) in [7, 11) is 0. The lowest BCUT2D eigenvalue weighted by Gasteiger charge is -2.04. The lowest BCUT2D eigenvalue weighted by atomic mass is 10.3. The zero-order valence-electron chi connectivity index (χ0n) is 8.00. The van der Waals surface area contributed by atoms with Crippen molar-refractivity contribution in [2.24, 2.45) is 0 Å². The van der Waals surface area contributed by atoms with Gasteiger partial charge in [-0.15, -0.1) is 23.4 Å². The molecule has 0 amide bonds. The fourth-order valence-corrected chi connectivity index (χ4v) is 2.97. The first-order chi connectivity index (χ1) is 6.92. The quantitative estimate of drug-likeness (QED) is 0.343. The second-order valence-electron chi connectivity index (χ2n) is 3.35. The number of nitrogens with zero attached hydrogens (tertiary/aromatic N) is 2. The molecule has 2 rings (SSSR count).